The predicted octanol–water partition coefficient (Wildman–Crippen LogP) is 5.51. The van der Waals surface area contributed by atoms with Crippen LogP contribution in [-0.2, 0) is 4.79 Å². The molecule has 0 saturated carbocycles. The molecule has 3 aromatic carbocycles. The molecule has 0 aliphatic heterocycles. The summed E-state index contributed by atoms with van der Waals surface area (Å²) in [5.74, 6) is -0.537. The van der Waals surface area contributed by atoms with E-state index in [4.69, 9.17) is 0 Å². The fourth-order valence-corrected chi connectivity index (χ4v) is 3.47. The number of carbonyl (C=O) groups excluding carboxylic acids is 2. The summed E-state index contributed by atoms with van der Waals surface area (Å²) in [6.45, 7) is 4.86. The van der Waals surface area contributed by atoms with E-state index in [-0.39, 0.29) is 0 Å². The number of nitrogens with one attached hydrogen (secondary N) is 1. The number of hydrogen-bond donors (Lipinski definition) is 1. The van der Waals surface area contributed by atoms with Gasteiger partial charge < -0.3 is 5.32 Å². The minimum atomic E-state index is -0.509. The van der Waals surface area contributed by atoms with Gasteiger partial charge in [-0.3, -0.25) is 9.59 Å². The highest BCUT2D eigenvalue weighted by Crippen LogP contribution is 2.24. The van der Waals surface area contributed by atoms with Gasteiger partial charge >= 0.3 is 0 Å². The Bertz CT molecular complexity index is 961. The van der Waals surface area contributed by atoms with Crippen molar-refractivity contribution in [2.24, 2.45) is 5.92 Å². The Kier molecular flexibility index (Phi) is 6.23. The molecule has 0 bridgehead atoms. The number of rotatable bonds is 8. The largest absolute Gasteiger partial charge is 0.349 e. The second-order valence-electron chi connectivity index (χ2n) is 7.22. The van der Waals surface area contributed by atoms with Gasteiger partial charge in [0, 0.05) is 12.1 Å². The lowest BCUT2D eigenvalue weighted by atomic mass is 9.98. The van der Waals surface area contributed by atoms with E-state index >= 15 is 0 Å². The molecule has 0 spiro atoms. The molecule has 3 heteroatoms. The normalized spacial score (nSPS) is 12.2. The van der Waals surface area contributed by atoms with Crippen molar-refractivity contribution < 1.29 is 9.59 Å². The maximum atomic E-state index is 12.6. The third-order valence-electron chi connectivity index (χ3n) is 5.27. The van der Waals surface area contributed by atoms with E-state index in [1.807, 2.05) is 24.3 Å². The Morgan fingerprint density at radius 2 is 1.56 bits per heavy atom. The highest BCUT2D eigenvalue weighted by Gasteiger charge is 2.17. The van der Waals surface area contributed by atoms with Gasteiger partial charge in [-0.15, -0.1) is 0 Å². The second kappa shape index (κ2) is 8.81. The Hall–Kier alpha value is -2.68. The van der Waals surface area contributed by atoms with Crippen molar-refractivity contribution in [1.82, 2.24) is 5.32 Å². The van der Waals surface area contributed by atoms with Crippen LogP contribution in [0.5, 0.6) is 0 Å². The molecule has 0 aliphatic carbocycles. The molecule has 0 aliphatic rings. The molecule has 1 N–H and O–H groups in total. The lowest BCUT2D eigenvalue weighted by Gasteiger charge is -2.15. The van der Waals surface area contributed by atoms with Gasteiger partial charge in [-0.05, 0) is 52.1 Å². The number of carbonyl (C=O) groups is 2. The average Bonchev–Trinajstić information content (AvgIpc) is 2.71. The van der Waals surface area contributed by atoms with Crippen molar-refractivity contribution in [3.8, 4) is 0 Å². The van der Waals surface area contributed by atoms with E-state index in [0.29, 0.717) is 18.0 Å². The summed E-state index contributed by atoms with van der Waals surface area (Å²) < 4.78 is 0. The number of benzene rings is 3. The molecular formula is C24H27NO2. The third-order valence-corrected chi connectivity index (χ3v) is 5.27. The first-order valence-electron chi connectivity index (χ1n) is 9.87. The summed E-state index contributed by atoms with van der Waals surface area (Å²) >= 11 is 0. The molecule has 1 atom stereocenters. The van der Waals surface area contributed by atoms with Crippen LogP contribution >= 0.6 is 0 Å². The molecule has 3 rings (SSSR count). The zero-order valence-corrected chi connectivity index (χ0v) is 16.1. The van der Waals surface area contributed by atoms with Gasteiger partial charge in [0.2, 0.25) is 5.78 Å². The smallest absolute Gasteiger partial charge is 0.292 e. The number of ketones is 1. The van der Waals surface area contributed by atoms with Gasteiger partial charge in [0.15, 0.2) is 0 Å². The van der Waals surface area contributed by atoms with E-state index in [9.17, 15) is 9.59 Å². The summed E-state index contributed by atoms with van der Waals surface area (Å²) in [7, 11) is 0. The molecular weight excluding hydrogens is 334 g/mol. The lowest BCUT2D eigenvalue weighted by molar-refractivity contribution is -0.117. The molecule has 3 aromatic rings. The number of fused-ring (bicyclic) bond motifs is 2. The quantitative estimate of drug-likeness (QED) is 0.327. The van der Waals surface area contributed by atoms with E-state index in [0.717, 1.165) is 41.8 Å². The number of unbranched alkanes of at least 4 members (excludes halogenated alkanes) is 1. The van der Waals surface area contributed by atoms with E-state index in [1.165, 1.54) is 5.39 Å². The fraction of sp³-hybridized carbons (Fsp3) is 0.333. The summed E-state index contributed by atoms with van der Waals surface area (Å²) in [4.78, 5) is 24.9. The minimum absolute atomic E-state index is 0.435. The zero-order chi connectivity index (χ0) is 19.2. The molecule has 140 valence electrons. The molecule has 1 amide bonds. The van der Waals surface area contributed by atoms with Crippen LogP contribution in [0.25, 0.3) is 21.5 Å². The standard InChI is InChI=1S/C24H27NO2/c1-3-5-8-17(4-2)16-25-24(27)23(26)21-12-11-20-13-18-9-6-7-10-19(18)14-22(20)15-21/h6-7,9-15,17H,3-5,8,16H2,1-2H3,(H,25,27). The van der Waals surface area contributed by atoms with Crippen LogP contribution in [0.4, 0.5) is 0 Å². The van der Waals surface area contributed by atoms with E-state index < -0.39 is 11.7 Å². The zero-order valence-electron chi connectivity index (χ0n) is 16.1. The summed E-state index contributed by atoms with van der Waals surface area (Å²) in [6.07, 6.45) is 4.40. The van der Waals surface area contributed by atoms with Crippen LogP contribution in [0, 0.1) is 5.92 Å². The molecule has 27 heavy (non-hydrogen) atoms. The van der Waals surface area contributed by atoms with Gasteiger partial charge in [0.1, 0.15) is 0 Å². The van der Waals surface area contributed by atoms with Crippen LogP contribution in [0.15, 0.2) is 54.6 Å². The monoisotopic (exact) mass is 361 g/mol. The first-order chi connectivity index (χ1) is 13.1. The number of amides is 1. The summed E-state index contributed by atoms with van der Waals surface area (Å²) in [5, 5.41) is 7.16. The van der Waals surface area contributed by atoms with Crippen LogP contribution in [-0.4, -0.2) is 18.2 Å². The van der Waals surface area contributed by atoms with Crippen molar-refractivity contribution in [3.05, 3.63) is 60.2 Å². The van der Waals surface area contributed by atoms with Crippen LogP contribution < -0.4 is 5.32 Å². The van der Waals surface area contributed by atoms with Gasteiger partial charge in [0.25, 0.3) is 5.91 Å². The molecule has 1 unspecified atom stereocenters. The topological polar surface area (TPSA) is 46.2 Å². The highest BCUT2D eigenvalue weighted by atomic mass is 16.2. The van der Waals surface area contributed by atoms with Crippen molar-refractivity contribution in [3.63, 3.8) is 0 Å². The van der Waals surface area contributed by atoms with Gasteiger partial charge in [-0.25, -0.2) is 0 Å². The lowest BCUT2D eigenvalue weighted by Crippen LogP contribution is -2.34. The summed E-state index contributed by atoms with van der Waals surface area (Å²) in [5.41, 5.74) is 0.442. The Labute approximate surface area is 160 Å². The van der Waals surface area contributed by atoms with E-state index in [1.54, 1.807) is 6.07 Å². The van der Waals surface area contributed by atoms with Crippen LogP contribution in [0.1, 0.15) is 49.9 Å². The van der Waals surface area contributed by atoms with Crippen molar-refractivity contribution in [1.29, 1.82) is 0 Å². The SMILES string of the molecule is CCCCC(CC)CNC(=O)C(=O)c1ccc2cc3ccccc3cc2c1. The molecule has 0 aromatic heterocycles. The van der Waals surface area contributed by atoms with Crippen molar-refractivity contribution in [2.45, 2.75) is 39.5 Å². The second-order valence-corrected chi connectivity index (χ2v) is 7.22. The van der Waals surface area contributed by atoms with Gasteiger partial charge in [0.05, 0.1) is 0 Å². The predicted molar refractivity (Wildman–Crippen MR) is 112 cm³/mol. The van der Waals surface area contributed by atoms with E-state index in [2.05, 4.69) is 43.4 Å². The summed E-state index contributed by atoms with van der Waals surface area (Å²) in [6, 6.07) is 17.8. The maximum Gasteiger partial charge on any atom is 0.292 e. The Morgan fingerprint density at radius 1 is 0.889 bits per heavy atom. The van der Waals surface area contributed by atoms with Crippen molar-refractivity contribution >= 4 is 33.2 Å². The number of Topliss-reactive ketones (excluding diaryl/α,β-unsaturated/α-hetero) is 1. The first kappa shape index (κ1) is 19.1. The minimum Gasteiger partial charge on any atom is -0.349 e. The molecule has 0 saturated heterocycles. The first-order valence-corrected chi connectivity index (χ1v) is 9.87. The van der Waals surface area contributed by atoms with Crippen LogP contribution in [0.2, 0.25) is 0 Å². The highest BCUT2D eigenvalue weighted by molar-refractivity contribution is 6.43. The maximum absolute atomic E-state index is 12.6. The molecule has 0 radical (unpaired) electrons. The molecule has 0 heterocycles. The number of hydrogen-bond acceptors (Lipinski definition) is 2. The van der Waals surface area contributed by atoms with Gasteiger partial charge in [-0.2, -0.15) is 0 Å². The Balaban J connectivity index is 1.74. The fourth-order valence-electron chi connectivity index (χ4n) is 3.47. The van der Waals surface area contributed by atoms with Crippen LogP contribution in [0.3, 0.4) is 0 Å². The average molecular weight is 361 g/mol. The van der Waals surface area contributed by atoms with Crippen molar-refractivity contribution in [2.75, 3.05) is 6.54 Å². The van der Waals surface area contributed by atoms with Gasteiger partial charge in [-0.1, -0.05) is 69.5 Å². The molecule has 3 nitrogen and oxygen atoms in total. The third kappa shape index (κ3) is 4.54. The molecule has 0 fully saturated rings. The Morgan fingerprint density at radius 3 is 2.22 bits per heavy atom.